The Morgan fingerprint density at radius 1 is 1.12 bits per heavy atom. The summed E-state index contributed by atoms with van der Waals surface area (Å²) < 4.78 is 41.4. The molecule has 0 saturated carbocycles. The smallest absolute Gasteiger partial charge is 0.354 e. The molecule has 1 unspecified atom stereocenters. The number of rotatable bonds is 5. The number of allylic oxidation sites excluding steroid dienone is 1. The fourth-order valence-corrected chi connectivity index (χ4v) is 5.10. The molecule has 0 radical (unpaired) electrons. The zero-order valence-electron chi connectivity index (χ0n) is 17.5. The van der Waals surface area contributed by atoms with E-state index in [2.05, 4.69) is 45.0 Å². The summed E-state index contributed by atoms with van der Waals surface area (Å²) in [6.07, 6.45) is -3.51. The summed E-state index contributed by atoms with van der Waals surface area (Å²) in [5, 5.41) is -0.148. The van der Waals surface area contributed by atoms with Gasteiger partial charge in [0, 0.05) is 49.0 Å². The number of benzene rings is 1. The minimum Gasteiger partial charge on any atom is -0.354 e. The lowest BCUT2D eigenvalue weighted by Crippen LogP contribution is -2.43. The van der Waals surface area contributed by atoms with Gasteiger partial charge in [-0.1, -0.05) is 18.2 Å². The highest BCUT2D eigenvalue weighted by molar-refractivity contribution is 7.97. The molecule has 0 spiro atoms. The number of aromatic nitrogens is 1. The summed E-state index contributed by atoms with van der Waals surface area (Å²) >= 11 is 7.48. The molecule has 5 nitrogen and oxygen atoms in total. The predicted octanol–water partition coefficient (Wildman–Crippen LogP) is 4.88. The first kappa shape index (κ1) is 23.2. The molecule has 2 N–H and O–H groups in total. The van der Waals surface area contributed by atoms with Gasteiger partial charge < -0.3 is 15.5 Å². The number of pyridine rings is 1. The highest BCUT2D eigenvalue weighted by atomic mass is 35.5. The number of hydrogen-bond acceptors (Lipinski definition) is 6. The fraction of sp³-hybridized carbons (Fsp3) is 0.409. The number of nitrogens with two attached hydrogens (primary N) is 1. The average molecular weight is 484 g/mol. The van der Waals surface area contributed by atoms with Crippen LogP contribution in [0.5, 0.6) is 0 Å². The predicted molar refractivity (Wildman–Crippen MR) is 124 cm³/mol. The van der Waals surface area contributed by atoms with E-state index in [1.54, 1.807) is 11.9 Å². The van der Waals surface area contributed by atoms with E-state index in [0.717, 1.165) is 41.4 Å². The third-order valence-corrected chi connectivity index (χ3v) is 7.03. The average Bonchev–Trinajstić information content (AvgIpc) is 3.14. The van der Waals surface area contributed by atoms with Gasteiger partial charge >= 0.3 is 6.18 Å². The van der Waals surface area contributed by atoms with E-state index in [-0.39, 0.29) is 11.0 Å². The Balaban J connectivity index is 1.34. The van der Waals surface area contributed by atoms with E-state index in [1.165, 1.54) is 0 Å². The maximum atomic E-state index is 13.1. The van der Waals surface area contributed by atoms with Crippen molar-refractivity contribution in [3.05, 3.63) is 59.4 Å². The van der Waals surface area contributed by atoms with Crippen LogP contribution in [0.15, 0.2) is 53.6 Å². The molecule has 0 aliphatic carbocycles. The molecule has 0 bridgehead atoms. The minimum atomic E-state index is -4.45. The van der Waals surface area contributed by atoms with Gasteiger partial charge in [-0.15, -0.1) is 0 Å². The maximum Gasteiger partial charge on any atom is 0.416 e. The first-order chi connectivity index (χ1) is 15.2. The minimum absolute atomic E-state index is 0.148. The van der Waals surface area contributed by atoms with Crippen molar-refractivity contribution >= 4 is 35.1 Å². The molecule has 172 valence electrons. The molecular weight excluding hydrogens is 459 g/mol. The Bertz CT molecular complexity index is 961. The van der Waals surface area contributed by atoms with Crippen molar-refractivity contribution in [1.82, 2.24) is 9.29 Å². The monoisotopic (exact) mass is 483 g/mol. The largest absolute Gasteiger partial charge is 0.416 e. The molecule has 1 atom stereocenters. The van der Waals surface area contributed by atoms with Gasteiger partial charge in [-0.3, -0.25) is 0 Å². The molecule has 2 saturated heterocycles. The third-order valence-electron chi connectivity index (χ3n) is 5.73. The van der Waals surface area contributed by atoms with Crippen LogP contribution in [-0.4, -0.2) is 48.6 Å². The number of nitrogens with zero attached hydrogens (tertiary/aromatic N) is 4. The highest BCUT2D eigenvalue weighted by Crippen LogP contribution is 2.35. The molecular formula is C22H25ClF3N5S. The van der Waals surface area contributed by atoms with Crippen LogP contribution >= 0.6 is 23.5 Å². The molecule has 2 aliphatic heterocycles. The Hall–Kier alpha value is -1.94. The summed E-state index contributed by atoms with van der Waals surface area (Å²) in [5.41, 5.74) is 7.25. The van der Waals surface area contributed by atoms with Crippen molar-refractivity contribution in [2.75, 3.05) is 49.1 Å². The number of anilines is 2. The van der Waals surface area contributed by atoms with Gasteiger partial charge in [-0.25, -0.2) is 9.29 Å². The molecule has 2 aromatic rings. The van der Waals surface area contributed by atoms with Crippen LogP contribution in [0, 0.1) is 5.92 Å². The van der Waals surface area contributed by atoms with Gasteiger partial charge in [0.25, 0.3) is 0 Å². The van der Waals surface area contributed by atoms with E-state index in [0.29, 0.717) is 38.6 Å². The zero-order chi connectivity index (χ0) is 22.9. The Morgan fingerprint density at radius 3 is 2.41 bits per heavy atom. The van der Waals surface area contributed by atoms with E-state index in [1.807, 2.05) is 4.90 Å². The number of alkyl halides is 3. The van der Waals surface area contributed by atoms with Crippen LogP contribution in [-0.2, 0) is 6.18 Å². The van der Waals surface area contributed by atoms with Crippen molar-refractivity contribution < 1.29 is 13.2 Å². The summed E-state index contributed by atoms with van der Waals surface area (Å²) in [6, 6.07) is 10.3. The summed E-state index contributed by atoms with van der Waals surface area (Å²) in [6.45, 7) is 8.26. The second-order valence-electron chi connectivity index (χ2n) is 8.02. The lowest BCUT2D eigenvalue weighted by Gasteiger charge is -2.34. The number of hydrogen-bond donors (Lipinski definition) is 1. The van der Waals surface area contributed by atoms with Gasteiger partial charge in [0.15, 0.2) is 0 Å². The van der Waals surface area contributed by atoms with Crippen molar-refractivity contribution in [3.63, 3.8) is 0 Å². The van der Waals surface area contributed by atoms with Crippen LogP contribution in [0.4, 0.5) is 24.7 Å². The van der Waals surface area contributed by atoms with Crippen LogP contribution in [0.2, 0.25) is 5.15 Å². The van der Waals surface area contributed by atoms with Crippen LogP contribution in [0.1, 0.15) is 12.0 Å². The number of halogens is 4. The third kappa shape index (κ3) is 5.33. The molecule has 4 rings (SSSR count). The molecule has 32 heavy (non-hydrogen) atoms. The molecule has 2 fully saturated rings. The molecule has 1 aromatic heterocycles. The lowest BCUT2D eigenvalue weighted by atomic mass is 10.1. The van der Waals surface area contributed by atoms with Crippen molar-refractivity contribution in [3.8, 4) is 0 Å². The normalized spacial score (nSPS) is 20.3. The maximum absolute atomic E-state index is 13.1. The summed E-state index contributed by atoms with van der Waals surface area (Å²) in [7, 11) is 0. The standard InChI is InChI=1S/C22H25ClF3N5S/c1-15-10-16(13-27)14-31(15)18-2-4-19(5-3-18)32-30-8-6-29(7-9-30)21-12-17(22(24,25)26)11-20(23)28-21/h2-5,11-12,16H,1,6-10,13-14,27H2. The molecule has 2 aliphatic rings. The second-order valence-corrected chi connectivity index (χ2v) is 9.58. The van der Waals surface area contributed by atoms with E-state index in [4.69, 9.17) is 17.3 Å². The molecule has 0 amide bonds. The highest BCUT2D eigenvalue weighted by Gasteiger charge is 2.32. The lowest BCUT2D eigenvalue weighted by molar-refractivity contribution is -0.137. The quantitative estimate of drug-likeness (QED) is 0.483. The van der Waals surface area contributed by atoms with Gasteiger partial charge in [0.05, 0.1) is 5.56 Å². The van der Waals surface area contributed by atoms with Crippen molar-refractivity contribution in [2.24, 2.45) is 11.7 Å². The van der Waals surface area contributed by atoms with Crippen molar-refractivity contribution in [2.45, 2.75) is 17.5 Å². The van der Waals surface area contributed by atoms with Gasteiger partial charge in [0.2, 0.25) is 0 Å². The van der Waals surface area contributed by atoms with E-state index in [9.17, 15) is 13.2 Å². The van der Waals surface area contributed by atoms with Gasteiger partial charge in [-0.05, 0) is 67.2 Å². The summed E-state index contributed by atoms with van der Waals surface area (Å²) in [5.74, 6) is 0.717. The van der Waals surface area contributed by atoms with Gasteiger partial charge in [0.1, 0.15) is 11.0 Å². The summed E-state index contributed by atoms with van der Waals surface area (Å²) in [4.78, 5) is 9.27. The number of piperazine rings is 1. The van der Waals surface area contributed by atoms with E-state index < -0.39 is 11.7 Å². The SMILES string of the molecule is C=C1CC(CN)CN1c1ccc(SN2CCN(c3cc(C(F)(F)F)cc(Cl)n3)CC2)cc1. The van der Waals surface area contributed by atoms with E-state index >= 15 is 0 Å². The first-order valence-corrected chi connectivity index (χ1v) is 11.6. The van der Waals surface area contributed by atoms with Crippen LogP contribution in [0.25, 0.3) is 0 Å². The second kappa shape index (κ2) is 9.51. The first-order valence-electron chi connectivity index (χ1n) is 10.4. The Kier molecular flexibility index (Phi) is 6.90. The van der Waals surface area contributed by atoms with Crippen LogP contribution in [0.3, 0.4) is 0 Å². The van der Waals surface area contributed by atoms with Crippen molar-refractivity contribution in [1.29, 1.82) is 0 Å². The molecule has 1 aromatic carbocycles. The topological polar surface area (TPSA) is 48.6 Å². The van der Waals surface area contributed by atoms with Gasteiger partial charge in [-0.2, -0.15) is 13.2 Å². The molecule has 10 heteroatoms. The molecule has 3 heterocycles. The fourth-order valence-electron chi connectivity index (χ4n) is 3.99. The van der Waals surface area contributed by atoms with Crippen LogP contribution < -0.4 is 15.5 Å². The zero-order valence-corrected chi connectivity index (χ0v) is 19.1. The Morgan fingerprint density at radius 2 is 1.81 bits per heavy atom. The Labute approximate surface area is 195 Å².